The zero-order chi connectivity index (χ0) is 20.1. The van der Waals surface area contributed by atoms with Crippen LogP contribution < -0.4 is 10.6 Å². The van der Waals surface area contributed by atoms with Gasteiger partial charge in [-0.25, -0.2) is 0 Å². The molecular weight excluding hydrogens is 354 g/mol. The van der Waals surface area contributed by atoms with Crippen LogP contribution in [0.25, 0.3) is 0 Å². The molecule has 0 aromatic heterocycles. The molecule has 3 aromatic carbocycles. The van der Waals surface area contributed by atoms with Gasteiger partial charge in [0.2, 0.25) is 0 Å². The molecule has 3 rings (SSSR count). The molecule has 0 atom stereocenters. The van der Waals surface area contributed by atoms with Gasteiger partial charge in [-0.05, 0) is 60.9 Å². The highest BCUT2D eigenvalue weighted by atomic mass is 16.6. The topological polar surface area (TPSA) is 84.3 Å². The molecule has 0 aliphatic rings. The van der Waals surface area contributed by atoms with E-state index < -0.39 is 4.92 Å². The first-order valence-electron chi connectivity index (χ1n) is 8.89. The van der Waals surface area contributed by atoms with Gasteiger partial charge in [-0.1, -0.05) is 30.3 Å². The predicted octanol–water partition coefficient (Wildman–Crippen LogP) is 5.08. The van der Waals surface area contributed by atoms with Crippen LogP contribution >= 0.6 is 0 Å². The molecule has 6 nitrogen and oxygen atoms in total. The van der Waals surface area contributed by atoms with Crippen molar-refractivity contribution in [2.45, 2.75) is 20.4 Å². The summed E-state index contributed by atoms with van der Waals surface area (Å²) in [5.41, 5.74) is 5.03. The van der Waals surface area contributed by atoms with Gasteiger partial charge in [0, 0.05) is 23.9 Å². The van der Waals surface area contributed by atoms with Crippen LogP contribution in [-0.4, -0.2) is 10.8 Å². The van der Waals surface area contributed by atoms with Gasteiger partial charge in [0.25, 0.3) is 11.6 Å². The van der Waals surface area contributed by atoms with E-state index in [0.717, 1.165) is 11.3 Å². The largest absolute Gasteiger partial charge is 0.381 e. The zero-order valence-corrected chi connectivity index (χ0v) is 15.7. The second-order valence-electron chi connectivity index (χ2n) is 6.58. The van der Waals surface area contributed by atoms with Crippen molar-refractivity contribution in [3.63, 3.8) is 0 Å². The van der Waals surface area contributed by atoms with E-state index in [1.54, 1.807) is 24.3 Å². The minimum Gasteiger partial charge on any atom is -0.381 e. The normalized spacial score (nSPS) is 10.4. The van der Waals surface area contributed by atoms with Gasteiger partial charge in [0.15, 0.2) is 0 Å². The van der Waals surface area contributed by atoms with Crippen molar-refractivity contribution >= 4 is 23.0 Å². The number of anilines is 2. The number of benzene rings is 3. The number of nitrogens with zero attached hydrogens (tertiary/aromatic N) is 1. The monoisotopic (exact) mass is 375 g/mol. The van der Waals surface area contributed by atoms with Crippen molar-refractivity contribution in [2.24, 2.45) is 0 Å². The van der Waals surface area contributed by atoms with Crippen LogP contribution in [0.1, 0.15) is 27.0 Å². The van der Waals surface area contributed by atoms with Gasteiger partial charge in [0.1, 0.15) is 5.69 Å². The number of nitro benzene ring substituents is 1. The van der Waals surface area contributed by atoms with E-state index in [1.165, 1.54) is 23.3 Å². The van der Waals surface area contributed by atoms with Gasteiger partial charge in [-0.2, -0.15) is 0 Å². The Labute approximate surface area is 163 Å². The summed E-state index contributed by atoms with van der Waals surface area (Å²) < 4.78 is 0. The van der Waals surface area contributed by atoms with Crippen molar-refractivity contribution in [1.29, 1.82) is 0 Å². The second-order valence-corrected chi connectivity index (χ2v) is 6.58. The fraction of sp³-hybridized carbons (Fsp3) is 0.136. The van der Waals surface area contributed by atoms with Gasteiger partial charge >= 0.3 is 0 Å². The summed E-state index contributed by atoms with van der Waals surface area (Å²) in [5.74, 6) is -0.386. The Morgan fingerprint density at radius 2 is 1.68 bits per heavy atom. The third kappa shape index (κ3) is 4.54. The maximum Gasteiger partial charge on any atom is 0.292 e. The number of aryl methyl sites for hydroxylation is 2. The van der Waals surface area contributed by atoms with Crippen molar-refractivity contribution in [3.8, 4) is 0 Å². The number of nitrogens with one attached hydrogen (secondary N) is 2. The highest BCUT2D eigenvalue weighted by Gasteiger charge is 2.15. The van der Waals surface area contributed by atoms with Crippen LogP contribution in [0.3, 0.4) is 0 Å². The predicted molar refractivity (Wildman–Crippen MR) is 111 cm³/mol. The van der Waals surface area contributed by atoms with Crippen LogP contribution in [-0.2, 0) is 6.54 Å². The fourth-order valence-corrected chi connectivity index (χ4v) is 2.76. The van der Waals surface area contributed by atoms with Crippen LogP contribution in [0, 0.1) is 24.0 Å². The van der Waals surface area contributed by atoms with Crippen LogP contribution in [0.15, 0.2) is 66.7 Å². The average molecular weight is 375 g/mol. The third-order valence-corrected chi connectivity index (χ3v) is 4.57. The van der Waals surface area contributed by atoms with E-state index in [-0.39, 0.29) is 17.3 Å². The molecule has 142 valence electrons. The number of hydrogen-bond donors (Lipinski definition) is 2. The first-order chi connectivity index (χ1) is 13.4. The van der Waals surface area contributed by atoms with E-state index in [4.69, 9.17) is 0 Å². The molecule has 2 N–H and O–H groups in total. The number of nitro groups is 1. The van der Waals surface area contributed by atoms with Gasteiger partial charge in [-0.15, -0.1) is 0 Å². The molecule has 0 saturated heterocycles. The molecule has 0 saturated carbocycles. The number of carbonyl (C=O) groups excluding carboxylic acids is 1. The summed E-state index contributed by atoms with van der Waals surface area (Å²) in [6.45, 7) is 4.78. The first kappa shape index (κ1) is 19.1. The number of para-hydroxylation sites is 2. The Balaban J connectivity index is 1.64. The summed E-state index contributed by atoms with van der Waals surface area (Å²) >= 11 is 0. The van der Waals surface area contributed by atoms with Crippen molar-refractivity contribution in [2.75, 3.05) is 10.6 Å². The van der Waals surface area contributed by atoms with Crippen molar-refractivity contribution in [1.82, 2.24) is 0 Å². The molecule has 0 aliphatic heterocycles. The molecule has 0 spiro atoms. The van der Waals surface area contributed by atoms with Crippen LogP contribution in [0.2, 0.25) is 0 Å². The van der Waals surface area contributed by atoms with Crippen LogP contribution in [0.5, 0.6) is 0 Å². The number of hydrogen-bond acceptors (Lipinski definition) is 4. The van der Waals surface area contributed by atoms with Crippen molar-refractivity contribution < 1.29 is 9.72 Å². The maximum atomic E-state index is 12.4. The minimum atomic E-state index is -0.517. The molecule has 0 bridgehead atoms. The Kier molecular flexibility index (Phi) is 5.69. The number of amides is 1. The Bertz CT molecular complexity index is 1010. The SMILES string of the molecule is Cc1ccc(NCc2ccc(C(=O)Nc3ccccc3[N+](=O)[O-])cc2)cc1C. The van der Waals surface area contributed by atoms with Crippen molar-refractivity contribution in [3.05, 3.63) is 99.1 Å². The van der Waals surface area contributed by atoms with Crippen LogP contribution in [0.4, 0.5) is 17.1 Å². The van der Waals surface area contributed by atoms with E-state index in [0.29, 0.717) is 12.1 Å². The fourth-order valence-electron chi connectivity index (χ4n) is 2.76. The average Bonchev–Trinajstić information content (AvgIpc) is 2.69. The zero-order valence-electron chi connectivity index (χ0n) is 15.7. The molecule has 3 aromatic rings. The lowest BCUT2D eigenvalue weighted by Crippen LogP contribution is -2.13. The third-order valence-electron chi connectivity index (χ3n) is 4.57. The number of rotatable bonds is 6. The molecule has 0 fully saturated rings. The molecule has 28 heavy (non-hydrogen) atoms. The summed E-state index contributed by atoms with van der Waals surface area (Å²) in [4.78, 5) is 22.9. The Hall–Kier alpha value is -3.67. The highest BCUT2D eigenvalue weighted by Crippen LogP contribution is 2.24. The van der Waals surface area contributed by atoms with Gasteiger partial charge in [-0.3, -0.25) is 14.9 Å². The highest BCUT2D eigenvalue weighted by molar-refractivity contribution is 6.05. The van der Waals surface area contributed by atoms with E-state index in [2.05, 4.69) is 36.6 Å². The molecule has 6 heteroatoms. The van der Waals surface area contributed by atoms with Gasteiger partial charge < -0.3 is 10.6 Å². The molecular formula is C22H21N3O3. The van der Waals surface area contributed by atoms with E-state index in [9.17, 15) is 14.9 Å². The lowest BCUT2D eigenvalue weighted by Gasteiger charge is -2.10. The first-order valence-corrected chi connectivity index (χ1v) is 8.89. The summed E-state index contributed by atoms with van der Waals surface area (Å²) in [6, 6.07) is 19.4. The molecule has 0 radical (unpaired) electrons. The lowest BCUT2D eigenvalue weighted by atomic mass is 10.1. The molecule has 0 heterocycles. The molecule has 0 aliphatic carbocycles. The smallest absolute Gasteiger partial charge is 0.292 e. The van der Waals surface area contributed by atoms with E-state index in [1.807, 2.05) is 18.2 Å². The van der Waals surface area contributed by atoms with E-state index >= 15 is 0 Å². The number of carbonyl (C=O) groups is 1. The lowest BCUT2D eigenvalue weighted by molar-refractivity contribution is -0.383. The summed E-state index contributed by atoms with van der Waals surface area (Å²) in [5, 5.41) is 17.0. The van der Waals surface area contributed by atoms with Gasteiger partial charge in [0.05, 0.1) is 4.92 Å². The maximum absolute atomic E-state index is 12.4. The quantitative estimate of drug-likeness (QED) is 0.465. The summed E-state index contributed by atoms with van der Waals surface area (Å²) in [6.07, 6.45) is 0. The Morgan fingerprint density at radius 1 is 0.964 bits per heavy atom. The Morgan fingerprint density at radius 3 is 2.36 bits per heavy atom. The minimum absolute atomic E-state index is 0.134. The second kappa shape index (κ2) is 8.35. The molecule has 1 amide bonds. The standard InChI is InChI=1S/C22H21N3O3/c1-15-7-12-19(13-16(15)2)23-14-17-8-10-18(11-9-17)22(26)24-20-5-3-4-6-21(20)25(27)28/h3-13,23H,14H2,1-2H3,(H,24,26). The molecule has 0 unspecified atom stereocenters. The summed E-state index contributed by atoms with van der Waals surface area (Å²) in [7, 11) is 0.